The number of carbonyl (C=O) groups excluding carboxylic acids is 2. The van der Waals surface area contributed by atoms with Crippen molar-refractivity contribution < 1.29 is 19.1 Å². The molecule has 21 heavy (non-hydrogen) atoms. The molecule has 1 aromatic rings. The normalized spacial score (nSPS) is 14.4. The number of aromatic nitrogens is 1. The summed E-state index contributed by atoms with van der Waals surface area (Å²) < 4.78 is 10.3. The Morgan fingerprint density at radius 3 is 2.52 bits per heavy atom. The summed E-state index contributed by atoms with van der Waals surface area (Å²) in [6.45, 7) is 7.33. The van der Waals surface area contributed by atoms with Crippen molar-refractivity contribution >= 4 is 23.7 Å². The van der Waals surface area contributed by atoms with E-state index in [4.69, 9.17) is 9.47 Å². The Labute approximate surface area is 129 Å². The molecule has 6 nitrogen and oxygen atoms in total. The van der Waals surface area contributed by atoms with Crippen LogP contribution in [0.3, 0.4) is 0 Å². The zero-order valence-corrected chi connectivity index (χ0v) is 14.1. The minimum absolute atomic E-state index is 0.371. The van der Waals surface area contributed by atoms with Crippen molar-refractivity contribution in [1.82, 2.24) is 9.88 Å². The number of rotatable bonds is 5. The highest BCUT2D eigenvalue weighted by molar-refractivity contribution is 7.09. The van der Waals surface area contributed by atoms with Crippen molar-refractivity contribution in [3.63, 3.8) is 0 Å². The smallest absolute Gasteiger partial charge is 0.411 e. The third-order valence-corrected chi connectivity index (χ3v) is 3.75. The Bertz CT molecular complexity index is 509. The highest BCUT2D eigenvalue weighted by Gasteiger charge is 2.38. The maximum Gasteiger partial charge on any atom is 0.411 e. The Kier molecular flexibility index (Phi) is 5.47. The molecule has 1 unspecified atom stereocenters. The van der Waals surface area contributed by atoms with Crippen LogP contribution < -0.4 is 0 Å². The maximum absolute atomic E-state index is 12.2. The van der Waals surface area contributed by atoms with Crippen LogP contribution >= 0.6 is 11.3 Å². The Morgan fingerprint density at radius 1 is 1.43 bits per heavy atom. The molecule has 0 aliphatic rings. The largest absolute Gasteiger partial charge is 0.444 e. The molecule has 0 bridgehead atoms. The van der Waals surface area contributed by atoms with Gasteiger partial charge in [-0.3, -0.25) is 4.90 Å². The van der Waals surface area contributed by atoms with Gasteiger partial charge < -0.3 is 14.3 Å². The Balaban J connectivity index is 3.01. The van der Waals surface area contributed by atoms with Crippen LogP contribution in [0.15, 0.2) is 5.38 Å². The molecule has 118 valence electrons. The molecule has 0 spiro atoms. The van der Waals surface area contributed by atoms with Crippen LogP contribution in [0, 0.1) is 0 Å². The first-order chi connectivity index (χ1) is 9.64. The van der Waals surface area contributed by atoms with E-state index < -0.39 is 17.2 Å². The molecular weight excluding hydrogens is 292 g/mol. The number of ether oxygens (including phenoxy) is 2. The lowest BCUT2D eigenvalue weighted by Gasteiger charge is -2.34. The first-order valence-corrected chi connectivity index (χ1v) is 7.39. The molecule has 1 amide bonds. The van der Waals surface area contributed by atoms with E-state index in [2.05, 4.69) is 4.98 Å². The van der Waals surface area contributed by atoms with Gasteiger partial charge in [0, 0.05) is 19.5 Å². The minimum Gasteiger partial charge on any atom is -0.444 e. The predicted molar refractivity (Wildman–Crippen MR) is 80.2 cm³/mol. The number of hydrogen-bond acceptors (Lipinski definition) is 6. The van der Waals surface area contributed by atoms with Crippen LogP contribution in [-0.2, 0) is 26.4 Å². The third-order valence-electron chi connectivity index (χ3n) is 2.93. The maximum atomic E-state index is 12.2. The second kappa shape index (κ2) is 6.53. The SMILES string of the molecule is COCc1nc(C(C)(C=O)N(C)C(=O)OC(C)(C)C)cs1. The quantitative estimate of drug-likeness (QED) is 0.781. The molecule has 1 heterocycles. The number of methoxy groups -OCH3 is 1. The van der Waals surface area contributed by atoms with Crippen molar-refractivity contribution in [2.45, 2.75) is 45.4 Å². The van der Waals surface area contributed by atoms with Gasteiger partial charge in [0.25, 0.3) is 0 Å². The molecule has 1 aromatic heterocycles. The number of amides is 1. The number of aldehydes is 1. The molecule has 7 heteroatoms. The van der Waals surface area contributed by atoms with E-state index in [1.807, 2.05) is 0 Å². The highest BCUT2D eigenvalue weighted by atomic mass is 32.1. The molecule has 0 N–H and O–H groups in total. The fraction of sp³-hybridized carbons (Fsp3) is 0.643. The van der Waals surface area contributed by atoms with Gasteiger partial charge in [-0.25, -0.2) is 9.78 Å². The number of nitrogens with zero attached hydrogens (tertiary/aromatic N) is 2. The fourth-order valence-electron chi connectivity index (χ4n) is 1.56. The lowest BCUT2D eigenvalue weighted by Crippen LogP contribution is -2.48. The van der Waals surface area contributed by atoms with E-state index in [1.54, 1.807) is 40.2 Å². The first-order valence-electron chi connectivity index (χ1n) is 6.51. The summed E-state index contributed by atoms with van der Waals surface area (Å²) in [6, 6.07) is 0. The van der Waals surface area contributed by atoms with Crippen molar-refractivity contribution in [2.75, 3.05) is 14.2 Å². The highest BCUT2D eigenvalue weighted by Crippen LogP contribution is 2.28. The van der Waals surface area contributed by atoms with Gasteiger partial charge in [0.1, 0.15) is 16.1 Å². The van der Waals surface area contributed by atoms with E-state index in [0.717, 1.165) is 5.01 Å². The van der Waals surface area contributed by atoms with Gasteiger partial charge in [-0.1, -0.05) is 0 Å². The number of likely N-dealkylation sites (N-methyl/N-ethyl adjacent to an activating group) is 1. The Morgan fingerprint density at radius 2 is 2.05 bits per heavy atom. The molecule has 0 fully saturated rings. The summed E-state index contributed by atoms with van der Waals surface area (Å²) in [4.78, 5) is 29.4. The van der Waals surface area contributed by atoms with Gasteiger partial charge in [-0.2, -0.15) is 0 Å². The summed E-state index contributed by atoms with van der Waals surface area (Å²) in [6.07, 6.45) is 0.126. The zero-order valence-electron chi connectivity index (χ0n) is 13.3. The first kappa shape index (κ1) is 17.6. The van der Waals surface area contributed by atoms with Gasteiger partial charge in [0.15, 0.2) is 6.29 Å². The van der Waals surface area contributed by atoms with Crippen LogP contribution in [0.4, 0.5) is 4.79 Å². The summed E-state index contributed by atoms with van der Waals surface area (Å²) in [7, 11) is 3.10. The summed E-state index contributed by atoms with van der Waals surface area (Å²) in [5.41, 5.74) is -1.30. The molecule has 0 aliphatic carbocycles. The second-order valence-electron chi connectivity index (χ2n) is 5.86. The Hall–Kier alpha value is -1.47. The molecule has 0 aliphatic heterocycles. The molecule has 0 aromatic carbocycles. The lowest BCUT2D eigenvalue weighted by molar-refractivity contribution is -0.117. The van der Waals surface area contributed by atoms with Crippen molar-refractivity contribution in [1.29, 1.82) is 0 Å². The van der Waals surface area contributed by atoms with Crippen LogP contribution in [0.5, 0.6) is 0 Å². The summed E-state index contributed by atoms with van der Waals surface area (Å²) in [5.74, 6) is 0. The van der Waals surface area contributed by atoms with Crippen molar-refractivity contribution in [3.05, 3.63) is 16.1 Å². The standard InChI is InChI=1S/C14H22N2O4S/c1-13(2,3)20-12(18)16(5)14(4,9-17)10-8-21-11(15-10)7-19-6/h8-9H,7H2,1-6H3. The zero-order chi connectivity index (χ0) is 16.3. The monoisotopic (exact) mass is 314 g/mol. The van der Waals surface area contributed by atoms with E-state index >= 15 is 0 Å². The number of carbonyl (C=O) groups is 2. The molecule has 1 atom stereocenters. The topological polar surface area (TPSA) is 68.7 Å². The van der Waals surface area contributed by atoms with Crippen LogP contribution in [-0.4, -0.2) is 42.0 Å². The lowest BCUT2D eigenvalue weighted by atomic mass is 9.99. The van der Waals surface area contributed by atoms with E-state index in [1.165, 1.54) is 23.3 Å². The fourth-order valence-corrected chi connectivity index (χ4v) is 2.44. The molecule has 0 radical (unpaired) electrons. The van der Waals surface area contributed by atoms with E-state index in [9.17, 15) is 9.59 Å². The van der Waals surface area contributed by atoms with Gasteiger partial charge in [0.2, 0.25) is 0 Å². The van der Waals surface area contributed by atoms with Crippen molar-refractivity contribution in [3.8, 4) is 0 Å². The summed E-state index contributed by atoms with van der Waals surface area (Å²) >= 11 is 1.38. The van der Waals surface area contributed by atoms with Gasteiger partial charge in [-0.05, 0) is 27.7 Å². The molecule has 0 saturated carbocycles. The molecule has 1 rings (SSSR count). The minimum atomic E-state index is -1.18. The average Bonchev–Trinajstić information content (AvgIpc) is 2.84. The van der Waals surface area contributed by atoms with Gasteiger partial charge in [0.05, 0.1) is 12.3 Å². The van der Waals surface area contributed by atoms with Gasteiger partial charge >= 0.3 is 6.09 Å². The predicted octanol–water partition coefficient (Wildman–Crippen LogP) is 2.57. The third kappa shape index (κ3) is 4.25. The van der Waals surface area contributed by atoms with Crippen LogP contribution in [0.2, 0.25) is 0 Å². The van der Waals surface area contributed by atoms with E-state index in [-0.39, 0.29) is 0 Å². The van der Waals surface area contributed by atoms with Gasteiger partial charge in [-0.15, -0.1) is 11.3 Å². The molecular formula is C14H22N2O4S. The second-order valence-corrected chi connectivity index (χ2v) is 6.81. The number of thiazole rings is 1. The van der Waals surface area contributed by atoms with Crippen LogP contribution in [0.1, 0.15) is 38.4 Å². The van der Waals surface area contributed by atoms with Crippen molar-refractivity contribution in [2.24, 2.45) is 0 Å². The summed E-state index contributed by atoms with van der Waals surface area (Å²) in [5, 5.41) is 2.50. The average molecular weight is 314 g/mol. The molecule has 0 saturated heterocycles. The van der Waals surface area contributed by atoms with Crippen LogP contribution in [0.25, 0.3) is 0 Å². The van der Waals surface area contributed by atoms with E-state index in [0.29, 0.717) is 18.6 Å². The number of hydrogen-bond donors (Lipinski definition) is 0.